The van der Waals surface area contributed by atoms with Gasteiger partial charge < -0.3 is 15.0 Å². The number of imidazole rings is 1. The average Bonchev–Trinajstić information content (AvgIpc) is 3.27. The summed E-state index contributed by atoms with van der Waals surface area (Å²) in [5, 5.41) is 5.58. The van der Waals surface area contributed by atoms with Crippen molar-refractivity contribution in [3.8, 4) is 16.3 Å². The van der Waals surface area contributed by atoms with Crippen LogP contribution in [0.4, 0.5) is 0 Å². The molecule has 3 rings (SSSR count). The zero-order valence-electron chi connectivity index (χ0n) is 14.6. The van der Waals surface area contributed by atoms with Crippen LogP contribution in [0.2, 0.25) is 5.02 Å². The van der Waals surface area contributed by atoms with Crippen molar-refractivity contribution in [2.75, 3.05) is 6.54 Å². The van der Waals surface area contributed by atoms with Crippen LogP contribution in [0.15, 0.2) is 48.1 Å². The highest BCUT2D eigenvalue weighted by Crippen LogP contribution is 2.25. The predicted octanol–water partition coefficient (Wildman–Crippen LogP) is 4.31. The van der Waals surface area contributed by atoms with E-state index in [9.17, 15) is 4.79 Å². The quantitative estimate of drug-likeness (QED) is 0.632. The highest BCUT2D eigenvalue weighted by molar-refractivity contribution is 7.13. The molecule has 2 N–H and O–H groups in total. The van der Waals surface area contributed by atoms with E-state index >= 15 is 0 Å². The second-order valence-corrected chi connectivity index (χ2v) is 7.66. The summed E-state index contributed by atoms with van der Waals surface area (Å²) >= 11 is 7.51. The Bertz CT molecular complexity index is 857. The number of hydrogen-bond acceptors (Lipinski definition) is 4. The van der Waals surface area contributed by atoms with E-state index in [1.54, 1.807) is 55.8 Å². The van der Waals surface area contributed by atoms with Crippen molar-refractivity contribution < 1.29 is 9.53 Å². The summed E-state index contributed by atoms with van der Waals surface area (Å²) in [4.78, 5) is 21.1. The molecule has 0 unspecified atom stereocenters. The van der Waals surface area contributed by atoms with Crippen LogP contribution in [0.3, 0.4) is 0 Å². The third-order valence-electron chi connectivity index (χ3n) is 3.87. The Morgan fingerprint density at radius 1 is 1.31 bits per heavy atom. The first kappa shape index (κ1) is 18.5. The Hall–Kier alpha value is -2.31. The summed E-state index contributed by atoms with van der Waals surface area (Å²) in [6.45, 7) is 3.97. The number of H-pyrrole nitrogens is 1. The monoisotopic (exact) mass is 389 g/mol. The molecule has 0 aliphatic heterocycles. The summed E-state index contributed by atoms with van der Waals surface area (Å²) in [5.74, 6) is 0.424. The van der Waals surface area contributed by atoms with Crippen LogP contribution in [0, 0.1) is 0 Å². The van der Waals surface area contributed by atoms with Crippen LogP contribution in [0.5, 0.6) is 5.75 Å². The minimum Gasteiger partial charge on any atom is -0.478 e. The number of rotatable bonds is 7. The number of thiophene rings is 1. The fourth-order valence-corrected chi connectivity index (χ4v) is 3.37. The van der Waals surface area contributed by atoms with Gasteiger partial charge in [-0.2, -0.15) is 0 Å². The van der Waals surface area contributed by atoms with Gasteiger partial charge in [-0.3, -0.25) is 4.79 Å². The molecule has 0 aliphatic carbocycles. The van der Waals surface area contributed by atoms with Crippen molar-refractivity contribution in [1.82, 2.24) is 15.3 Å². The van der Waals surface area contributed by atoms with Crippen molar-refractivity contribution in [1.29, 1.82) is 0 Å². The molecule has 0 fully saturated rings. The normalized spacial score (nSPS) is 11.3. The van der Waals surface area contributed by atoms with Gasteiger partial charge in [0.1, 0.15) is 11.4 Å². The van der Waals surface area contributed by atoms with Crippen molar-refractivity contribution in [2.45, 2.75) is 25.9 Å². The molecule has 0 radical (unpaired) electrons. The van der Waals surface area contributed by atoms with Crippen LogP contribution in [0.25, 0.3) is 10.6 Å². The lowest BCUT2D eigenvalue weighted by molar-refractivity contribution is -0.134. The van der Waals surface area contributed by atoms with Gasteiger partial charge in [-0.15, -0.1) is 11.3 Å². The summed E-state index contributed by atoms with van der Waals surface area (Å²) < 4.78 is 5.80. The van der Waals surface area contributed by atoms with Gasteiger partial charge in [0.15, 0.2) is 5.60 Å². The van der Waals surface area contributed by atoms with Gasteiger partial charge >= 0.3 is 0 Å². The molecular formula is C19H20ClN3O2S. The number of benzene rings is 1. The van der Waals surface area contributed by atoms with Gasteiger partial charge in [-0.05, 0) is 49.6 Å². The zero-order chi connectivity index (χ0) is 18.6. The molecule has 0 aliphatic rings. The molecule has 26 heavy (non-hydrogen) atoms. The fourth-order valence-electron chi connectivity index (χ4n) is 2.49. The number of aromatic amines is 1. The van der Waals surface area contributed by atoms with Crippen LogP contribution >= 0.6 is 22.9 Å². The first-order chi connectivity index (χ1) is 12.5. The highest BCUT2D eigenvalue weighted by Gasteiger charge is 2.29. The van der Waals surface area contributed by atoms with Crippen molar-refractivity contribution in [3.05, 3.63) is 58.8 Å². The van der Waals surface area contributed by atoms with Crippen LogP contribution in [0.1, 0.15) is 19.5 Å². The molecule has 136 valence electrons. The third-order valence-corrected chi connectivity index (χ3v) is 5.00. The van der Waals surface area contributed by atoms with Gasteiger partial charge in [0.2, 0.25) is 0 Å². The zero-order valence-corrected chi connectivity index (χ0v) is 16.2. The number of ether oxygens (including phenoxy) is 1. The molecule has 2 aromatic heterocycles. The molecule has 7 heteroatoms. The number of amides is 1. The molecule has 0 spiro atoms. The molecule has 1 aromatic carbocycles. The van der Waals surface area contributed by atoms with Crippen LogP contribution in [-0.4, -0.2) is 28.0 Å². The van der Waals surface area contributed by atoms with Crippen molar-refractivity contribution in [3.63, 3.8) is 0 Å². The van der Waals surface area contributed by atoms with Gasteiger partial charge in [-0.1, -0.05) is 17.7 Å². The van der Waals surface area contributed by atoms with Crippen molar-refractivity contribution >= 4 is 28.8 Å². The number of carbonyl (C=O) groups is 1. The highest BCUT2D eigenvalue weighted by atomic mass is 35.5. The minimum absolute atomic E-state index is 0.176. The Morgan fingerprint density at radius 2 is 2.08 bits per heavy atom. The molecular weight excluding hydrogens is 370 g/mol. The van der Waals surface area contributed by atoms with Crippen molar-refractivity contribution in [2.24, 2.45) is 0 Å². The maximum absolute atomic E-state index is 12.5. The smallest absolute Gasteiger partial charge is 0.263 e. The summed E-state index contributed by atoms with van der Waals surface area (Å²) in [5.41, 5.74) is 0.952. The number of nitrogens with one attached hydrogen (secondary N) is 2. The predicted molar refractivity (Wildman–Crippen MR) is 105 cm³/mol. The molecule has 0 bridgehead atoms. The number of nitrogens with zero attached hydrogens (tertiary/aromatic N) is 1. The molecule has 5 nitrogen and oxygen atoms in total. The van der Waals surface area contributed by atoms with Gasteiger partial charge in [0, 0.05) is 23.7 Å². The van der Waals surface area contributed by atoms with Crippen LogP contribution < -0.4 is 10.1 Å². The number of aromatic nitrogens is 2. The second-order valence-electron chi connectivity index (χ2n) is 6.28. The molecule has 0 saturated carbocycles. The third kappa shape index (κ3) is 4.45. The maximum Gasteiger partial charge on any atom is 0.263 e. The molecule has 1 amide bonds. The van der Waals surface area contributed by atoms with Gasteiger partial charge in [-0.25, -0.2) is 4.98 Å². The molecule has 3 aromatic rings. The number of hydrogen-bond donors (Lipinski definition) is 2. The summed E-state index contributed by atoms with van der Waals surface area (Å²) in [6, 6.07) is 11.0. The van der Waals surface area contributed by atoms with E-state index in [4.69, 9.17) is 16.3 Å². The number of carbonyl (C=O) groups excluding carboxylic acids is 1. The summed E-state index contributed by atoms with van der Waals surface area (Å²) in [7, 11) is 0. The maximum atomic E-state index is 12.5. The Balaban J connectivity index is 1.55. The lowest BCUT2D eigenvalue weighted by Gasteiger charge is -2.25. The Labute approximate surface area is 161 Å². The average molecular weight is 390 g/mol. The topological polar surface area (TPSA) is 67.0 Å². The Morgan fingerprint density at radius 3 is 2.77 bits per heavy atom. The van der Waals surface area contributed by atoms with E-state index < -0.39 is 5.60 Å². The fraction of sp³-hybridized carbons (Fsp3) is 0.263. The van der Waals surface area contributed by atoms with Gasteiger partial charge in [0.05, 0.1) is 11.2 Å². The van der Waals surface area contributed by atoms with E-state index in [0.29, 0.717) is 23.7 Å². The second kappa shape index (κ2) is 7.93. The van der Waals surface area contributed by atoms with E-state index in [-0.39, 0.29) is 5.91 Å². The first-order valence-electron chi connectivity index (χ1n) is 8.25. The standard InChI is InChI=1S/C19H20ClN3O2S/c1-19(2,25-14-7-5-13(20)6-8-14)18(24)21-10-9-15-17(23-12-22-15)16-4-3-11-26-16/h3-8,11-12H,9-10H2,1-2H3,(H,21,24)(H,22,23). The number of halogens is 1. The van der Waals surface area contributed by atoms with Gasteiger partial charge in [0.25, 0.3) is 5.91 Å². The SMILES string of the molecule is CC(C)(Oc1ccc(Cl)cc1)C(=O)NCCc1[nH]cnc1-c1cccs1. The van der Waals surface area contributed by atoms with E-state index in [1.165, 1.54) is 0 Å². The minimum atomic E-state index is -0.988. The first-order valence-corrected chi connectivity index (χ1v) is 9.50. The van der Waals surface area contributed by atoms with E-state index in [1.807, 2.05) is 17.5 Å². The van der Waals surface area contributed by atoms with E-state index in [0.717, 1.165) is 16.3 Å². The van der Waals surface area contributed by atoms with E-state index in [2.05, 4.69) is 15.3 Å². The Kier molecular flexibility index (Phi) is 5.64. The molecule has 0 saturated heterocycles. The molecule has 0 atom stereocenters. The largest absolute Gasteiger partial charge is 0.478 e. The molecule has 2 heterocycles. The lowest BCUT2D eigenvalue weighted by Crippen LogP contribution is -2.47. The summed E-state index contributed by atoms with van der Waals surface area (Å²) in [6.07, 6.45) is 2.34. The van der Waals surface area contributed by atoms with Crippen LogP contribution in [-0.2, 0) is 11.2 Å². The lowest BCUT2D eigenvalue weighted by atomic mass is 10.1.